The average Bonchev–Trinajstić information content (AvgIpc) is 2.65. The van der Waals surface area contributed by atoms with Crippen LogP contribution in [-0.2, 0) is 7.05 Å². The van der Waals surface area contributed by atoms with E-state index in [9.17, 15) is 14.0 Å². The van der Waals surface area contributed by atoms with Crippen LogP contribution in [0.1, 0.15) is 48.7 Å². The standard InChI is InChI=1S/C21H25FN2O3/c1-14(2)19-9-8-18(20(25)23(19)3)21(26)24-12-10-17(11-13-24)27-16-6-4-15(22)5-7-16/h4-9,14,17H,10-13H2,1-3H3. The van der Waals surface area contributed by atoms with Crippen LogP contribution in [0.4, 0.5) is 4.39 Å². The highest BCUT2D eigenvalue weighted by Gasteiger charge is 2.26. The Morgan fingerprint density at radius 1 is 1.11 bits per heavy atom. The molecule has 1 aromatic carbocycles. The van der Waals surface area contributed by atoms with Crippen molar-refractivity contribution >= 4 is 5.91 Å². The Morgan fingerprint density at radius 3 is 2.33 bits per heavy atom. The second-order valence-electron chi connectivity index (χ2n) is 7.25. The lowest BCUT2D eigenvalue weighted by atomic mass is 10.1. The van der Waals surface area contributed by atoms with Crippen LogP contribution in [-0.4, -0.2) is 34.6 Å². The number of rotatable bonds is 4. The number of benzene rings is 1. The number of amides is 1. The zero-order valence-electron chi connectivity index (χ0n) is 15.9. The fraction of sp³-hybridized carbons (Fsp3) is 0.429. The van der Waals surface area contributed by atoms with Crippen molar-refractivity contribution in [3.8, 4) is 5.75 Å². The highest BCUT2D eigenvalue weighted by molar-refractivity contribution is 5.94. The van der Waals surface area contributed by atoms with Gasteiger partial charge in [0, 0.05) is 38.7 Å². The first kappa shape index (κ1) is 19.1. The molecular weight excluding hydrogens is 347 g/mol. The molecule has 0 bridgehead atoms. The van der Waals surface area contributed by atoms with Crippen LogP contribution in [0.15, 0.2) is 41.2 Å². The summed E-state index contributed by atoms with van der Waals surface area (Å²) in [7, 11) is 1.71. The molecule has 0 atom stereocenters. The van der Waals surface area contributed by atoms with Gasteiger partial charge in [0.1, 0.15) is 23.2 Å². The van der Waals surface area contributed by atoms with Crippen molar-refractivity contribution in [2.75, 3.05) is 13.1 Å². The van der Waals surface area contributed by atoms with Crippen molar-refractivity contribution < 1.29 is 13.9 Å². The number of aromatic nitrogens is 1. The number of hydrogen-bond acceptors (Lipinski definition) is 3. The van der Waals surface area contributed by atoms with Crippen molar-refractivity contribution in [3.05, 3.63) is 63.8 Å². The van der Waals surface area contributed by atoms with E-state index in [2.05, 4.69) is 0 Å². The lowest BCUT2D eigenvalue weighted by Crippen LogP contribution is -2.44. The Hall–Kier alpha value is -2.63. The Kier molecular flexibility index (Phi) is 5.63. The van der Waals surface area contributed by atoms with Gasteiger partial charge >= 0.3 is 0 Å². The molecule has 3 rings (SSSR count). The number of piperidine rings is 1. The van der Waals surface area contributed by atoms with Gasteiger partial charge < -0.3 is 14.2 Å². The topological polar surface area (TPSA) is 51.5 Å². The summed E-state index contributed by atoms with van der Waals surface area (Å²) in [6.45, 7) is 5.09. The van der Waals surface area contributed by atoms with Crippen LogP contribution in [0.25, 0.3) is 0 Å². The molecule has 0 unspecified atom stereocenters. The molecule has 1 fully saturated rings. The minimum Gasteiger partial charge on any atom is -0.490 e. The molecule has 2 aromatic rings. The Morgan fingerprint density at radius 2 is 1.74 bits per heavy atom. The lowest BCUT2D eigenvalue weighted by Gasteiger charge is -2.32. The molecule has 0 aliphatic carbocycles. The molecule has 6 heteroatoms. The molecule has 27 heavy (non-hydrogen) atoms. The van der Waals surface area contributed by atoms with E-state index in [0.29, 0.717) is 31.7 Å². The minimum atomic E-state index is -0.298. The Balaban J connectivity index is 1.64. The van der Waals surface area contributed by atoms with E-state index < -0.39 is 0 Å². The number of nitrogens with zero attached hydrogens (tertiary/aromatic N) is 2. The molecule has 1 amide bonds. The molecule has 1 aromatic heterocycles. The van der Waals surface area contributed by atoms with Gasteiger partial charge in [-0.15, -0.1) is 0 Å². The highest BCUT2D eigenvalue weighted by atomic mass is 19.1. The van der Waals surface area contributed by atoms with Gasteiger partial charge in [-0.05, 0) is 42.3 Å². The Labute approximate surface area is 158 Å². The van der Waals surface area contributed by atoms with Crippen LogP contribution in [0.3, 0.4) is 0 Å². The second kappa shape index (κ2) is 7.94. The molecule has 0 saturated carbocycles. The third-order valence-electron chi connectivity index (χ3n) is 5.01. The normalized spacial score (nSPS) is 15.2. The number of ether oxygens (including phenoxy) is 1. The lowest BCUT2D eigenvalue weighted by molar-refractivity contribution is 0.0593. The summed E-state index contributed by atoms with van der Waals surface area (Å²) in [6, 6.07) is 9.43. The number of likely N-dealkylation sites (tertiary alicyclic amines) is 1. The van der Waals surface area contributed by atoms with E-state index in [4.69, 9.17) is 4.74 Å². The summed E-state index contributed by atoms with van der Waals surface area (Å²) in [5.74, 6) is 0.310. The van der Waals surface area contributed by atoms with Crippen LogP contribution < -0.4 is 10.3 Å². The molecule has 0 spiro atoms. The number of pyridine rings is 1. The van der Waals surface area contributed by atoms with E-state index in [0.717, 1.165) is 5.69 Å². The molecule has 0 N–H and O–H groups in total. The number of carbonyl (C=O) groups is 1. The molecule has 1 aliphatic rings. The molecule has 2 heterocycles. The zero-order valence-corrected chi connectivity index (χ0v) is 15.9. The van der Waals surface area contributed by atoms with Gasteiger partial charge in [-0.3, -0.25) is 9.59 Å². The predicted molar refractivity (Wildman–Crippen MR) is 102 cm³/mol. The van der Waals surface area contributed by atoms with E-state index in [-0.39, 0.29) is 34.9 Å². The molecule has 1 aliphatic heterocycles. The van der Waals surface area contributed by atoms with Crippen molar-refractivity contribution in [2.45, 2.75) is 38.7 Å². The van der Waals surface area contributed by atoms with E-state index in [1.54, 1.807) is 34.7 Å². The molecule has 144 valence electrons. The largest absolute Gasteiger partial charge is 0.490 e. The third-order valence-corrected chi connectivity index (χ3v) is 5.01. The van der Waals surface area contributed by atoms with Gasteiger partial charge in [0.2, 0.25) is 0 Å². The van der Waals surface area contributed by atoms with Crippen LogP contribution >= 0.6 is 0 Å². The monoisotopic (exact) mass is 372 g/mol. The molecular formula is C21H25FN2O3. The van der Waals surface area contributed by atoms with Crippen LogP contribution in [0, 0.1) is 5.82 Å². The highest BCUT2D eigenvalue weighted by Crippen LogP contribution is 2.20. The molecule has 5 nitrogen and oxygen atoms in total. The van der Waals surface area contributed by atoms with Gasteiger partial charge in [0.15, 0.2) is 0 Å². The fourth-order valence-corrected chi connectivity index (χ4v) is 3.44. The van der Waals surface area contributed by atoms with E-state index in [1.807, 2.05) is 19.9 Å². The summed E-state index contributed by atoms with van der Waals surface area (Å²) < 4.78 is 20.4. The number of hydrogen-bond donors (Lipinski definition) is 0. The van der Waals surface area contributed by atoms with Gasteiger partial charge in [-0.25, -0.2) is 4.39 Å². The third kappa shape index (κ3) is 4.21. The summed E-state index contributed by atoms with van der Waals surface area (Å²) in [4.78, 5) is 27.1. The van der Waals surface area contributed by atoms with Crippen LogP contribution in [0.2, 0.25) is 0 Å². The average molecular weight is 372 g/mol. The van der Waals surface area contributed by atoms with Gasteiger partial charge in [-0.1, -0.05) is 13.8 Å². The number of carbonyl (C=O) groups excluding carboxylic acids is 1. The fourth-order valence-electron chi connectivity index (χ4n) is 3.44. The summed E-state index contributed by atoms with van der Waals surface area (Å²) in [5, 5.41) is 0. The molecule has 0 radical (unpaired) electrons. The van der Waals surface area contributed by atoms with Crippen molar-refractivity contribution in [3.63, 3.8) is 0 Å². The first-order valence-corrected chi connectivity index (χ1v) is 9.28. The quantitative estimate of drug-likeness (QED) is 0.827. The minimum absolute atomic E-state index is 0.0225. The second-order valence-corrected chi connectivity index (χ2v) is 7.25. The SMILES string of the molecule is CC(C)c1ccc(C(=O)N2CCC(Oc3ccc(F)cc3)CC2)c(=O)n1C. The van der Waals surface area contributed by atoms with Crippen molar-refractivity contribution in [2.24, 2.45) is 7.05 Å². The maximum absolute atomic E-state index is 13.0. The van der Waals surface area contributed by atoms with Gasteiger partial charge in [0.05, 0.1) is 0 Å². The molecule has 1 saturated heterocycles. The van der Waals surface area contributed by atoms with Crippen molar-refractivity contribution in [1.29, 1.82) is 0 Å². The Bertz CT molecular complexity index is 866. The van der Waals surface area contributed by atoms with E-state index in [1.165, 1.54) is 12.1 Å². The van der Waals surface area contributed by atoms with Gasteiger partial charge in [0.25, 0.3) is 11.5 Å². The number of halogens is 1. The summed E-state index contributed by atoms with van der Waals surface area (Å²) >= 11 is 0. The first-order valence-electron chi connectivity index (χ1n) is 9.28. The van der Waals surface area contributed by atoms with Crippen LogP contribution in [0.5, 0.6) is 5.75 Å². The predicted octanol–water partition coefficient (Wildman–Crippen LogP) is 3.33. The van der Waals surface area contributed by atoms with E-state index >= 15 is 0 Å². The summed E-state index contributed by atoms with van der Waals surface area (Å²) in [6.07, 6.45) is 1.33. The zero-order chi connectivity index (χ0) is 19.6. The maximum Gasteiger partial charge on any atom is 0.263 e. The maximum atomic E-state index is 13.0. The van der Waals surface area contributed by atoms with Crippen molar-refractivity contribution in [1.82, 2.24) is 9.47 Å². The van der Waals surface area contributed by atoms with Gasteiger partial charge in [-0.2, -0.15) is 0 Å². The summed E-state index contributed by atoms with van der Waals surface area (Å²) in [5.41, 5.74) is 0.860. The first-order chi connectivity index (χ1) is 12.9. The smallest absolute Gasteiger partial charge is 0.263 e.